The average molecular weight is 483 g/mol. The van der Waals surface area contributed by atoms with Crippen molar-refractivity contribution in [1.29, 1.82) is 0 Å². The van der Waals surface area contributed by atoms with Crippen LogP contribution in [0, 0.1) is 11.3 Å². The van der Waals surface area contributed by atoms with Gasteiger partial charge in [-0.15, -0.1) is 0 Å². The first-order chi connectivity index (χ1) is 16.3. The second-order valence-electron chi connectivity index (χ2n) is 9.79. The number of benzene rings is 2. The Bertz CT molecular complexity index is 1200. The summed E-state index contributed by atoms with van der Waals surface area (Å²) in [6.45, 7) is 1.45. The summed E-state index contributed by atoms with van der Waals surface area (Å²) in [5.74, 6) is 1.03. The Balaban J connectivity index is 1.36. The van der Waals surface area contributed by atoms with Crippen molar-refractivity contribution in [3.63, 3.8) is 0 Å². The maximum absolute atomic E-state index is 13.5. The SMILES string of the molecule is O=C(C1CCS(=O)(=O)C1)N1CCC2(CC1)Cc1cccc(c1)Oc1cccc(c1)CCNC2=O. The number of hydrogen-bond donors (Lipinski definition) is 1. The van der Waals surface area contributed by atoms with E-state index in [1.54, 1.807) is 4.90 Å². The first-order valence-corrected chi connectivity index (χ1v) is 13.8. The van der Waals surface area contributed by atoms with Crippen molar-refractivity contribution in [2.24, 2.45) is 11.3 Å². The number of carbonyl (C=O) groups excluding carboxylic acids is 2. The van der Waals surface area contributed by atoms with Crippen molar-refractivity contribution in [3.8, 4) is 11.5 Å². The molecule has 34 heavy (non-hydrogen) atoms. The smallest absolute Gasteiger partial charge is 0.226 e. The number of rotatable bonds is 1. The number of piperidine rings is 1. The average Bonchev–Trinajstić information content (AvgIpc) is 3.19. The number of nitrogens with one attached hydrogen (secondary N) is 1. The summed E-state index contributed by atoms with van der Waals surface area (Å²) >= 11 is 0. The van der Waals surface area contributed by atoms with E-state index >= 15 is 0 Å². The first kappa shape index (κ1) is 22.9. The van der Waals surface area contributed by atoms with Gasteiger partial charge in [0, 0.05) is 19.6 Å². The van der Waals surface area contributed by atoms with Gasteiger partial charge in [0.15, 0.2) is 9.84 Å². The third-order valence-electron chi connectivity index (χ3n) is 7.37. The van der Waals surface area contributed by atoms with E-state index in [1.807, 2.05) is 48.5 Å². The van der Waals surface area contributed by atoms with Gasteiger partial charge in [0.05, 0.1) is 22.8 Å². The molecule has 1 unspecified atom stereocenters. The van der Waals surface area contributed by atoms with Crippen LogP contribution < -0.4 is 10.1 Å². The van der Waals surface area contributed by atoms with E-state index in [0.717, 1.165) is 22.6 Å². The molecule has 3 heterocycles. The minimum Gasteiger partial charge on any atom is -0.457 e. The summed E-state index contributed by atoms with van der Waals surface area (Å²) in [6.07, 6.45) is 2.76. The number of likely N-dealkylation sites (tertiary alicyclic amines) is 1. The summed E-state index contributed by atoms with van der Waals surface area (Å²) in [7, 11) is -3.11. The Morgan fingerprint density at radius 3 is 2.38 bits per heavy atom. The predicted octanol–water partition coefficient (Wildman–Crippen LogP) is 2.74. The van der Waals surface area contributed by atoms with Crippen molar-refractivity contribution < 1.29 is 22.7 Å². The number of amides is 2. The Morgan fingerprint density at radius 1 is 1.03 bits per heavy atom. The molecule has 2 saturated heterocycles. The van der Waals surface area contributed by atoms with Crippen molar-refractivity contribution in [2.75, 3.05) is 31.1 Å². The minimum absolute atomic E-state index is 0.0183. The molecule has 2 aromatic carbocycles. The molecule has 7 nitrogen and oxygen atoms in total. The molecule has 0 radical (unpaired) electrons. The van der Waals surface area contributed by atoms with E-state index in [-0.39, 0.29) is 23.3 Å². The molecular weight excluding hydrogens is 452 g/mol. The molecule has 2 fully saturated rings. The second kappa shape index (κ2) is 9.06. The highest BCUT2D eigenvalue weighted by Crippen LogP contribution is 2.38. The molecule has 3 aliphatic heterocycles. The summed E-state index contributed by atoms with van der Waals surface area (Å²) in [5.41, 5.74) is 1.49. The van der Waals surface area contributed by atoms with Crippen LogP contribution in [-0.2, 0) is 32.3 Å². The van der Waals surface area contributed by atoms with Crippen molar-refractivity contribution in [1.82, 2.24) is 10.2 Å². The lowest BCUT2D eigenvalue weighted by molar-refractivity contribution is -0.142. The molecule has 0 aromatic heterocycles. The Morgan fingerprint density at radius 2 is 1.71 bits per heavy atom. The van der Waals surface area contributed by atoms with Gasteiger partial charge < -0.3 is 15.0 Å². The summed E-state index contributed by atoms with van der Waals surface area (Å²) in [4.78, 5) is 28.2. The molecule has 2 amide bonds. The third kappa shape index (κ3) is 4.82. The largest absolute Gasteiger partial charge is 0.457 e. The summed E-state index contributed by atoms with van der Waals surface area (Å²) < 4.78 is 29.7. The Kier molecular flexibility index (Phi) is 6.10. The molecule has 1 spiro atoms. The highest BCUT2D eigenvalue weighted by molar-refractivity contribution is 7.91. The van der Waals surface area contributed by atoms with E-state index < -0.39 is 21.2 Å². The van der Waals surface area contributed by atoms with Crippen LogP contribution in [0.2, 0.25) is 0 Å². The topological polar surface area (TPSA) is 92.8 Å². The molecule has 4 bridgehead atoms. The molecule has 180 valence electrons. The lowest BCUT2D eigenvalue weighted by atomic mass is 9.72. The van der Waals surface area contributed by atoms with Crippen LogP contribution in [0.3, 0.4) is 0 Å². The summed E-state index contributed by atoms with van der Waals surface area (Å²) in [6, 6.07) is 15.8. The van der Waals surface area contributed by atoms with Crippen LogP contribution in [0.1, 0.15) is 30.4 Å². The summed E-state index contributed by atoms with van der Waals surface area (Å²) in [5, 5.41) is 3.15. The lowest BCUT2D eigenvalue weighted by Gasteiger charge is -2.41. The Labute approximate surface area is 200 Å². The zero-order chi connectivity index (χ0) is 23.8. The van der Waals surface area contributed by atoms with Gasteiger partial charge in [-0.25, -0.2) is 8.42 Å². The molecule has 2 aromatic rings. The maximum atomic E-state index is 13.5. The molecular formula is C26H30N2O5S. The standard InChI is InChI=1S/C26H30N2O5S/c29-24(21-8-14-34(31,32)18-21)28-12-9-26(10-13-28)17-20-4-2-6-23(16-20)33-22-5-1-3-19(15-22)7-11-27-25(26)30/h1-6,15-16,21H,7-14,17-18H2,(H,27,30). The molecule has 0 saturated carbocycles. The monoisotopic (exact) mass is 482 g/mol. The van der Waals surface area contributed by atoms with Gasteiger partial charge in [0.2, 0.25) is 11.8 Å². The third-order valence-corrected chi connectivity index (χ3v) is 9.14. The van der Waals surface area contributed by atoms with Crippen LogP contribution in [0.25, 0.3) is 0 Å². The van der Waals surface area contributed by atoms with Crippen LogP contribution in [-0.4, -0.2) is 56.3 Å². The lowest BCUT2D eigenvalue weighted by Crippen LogP contribution is -2.52. The van der Waals surface area contributed by atoms with Crippen molar-refractivity contribution in [2.45, 2.75) is 32.1 Å². The van der Waals surface area contributed by atoms with Crippen molar-refractivity contribution >= 4 is 21.7 Å². The van der Waals surface area contributed by atoms with Crippen LogP contribution >= 0.6 is 0 Å². The van der Waals surface area contributed by atoms with E-state index in [1.165, 1.54) is 0 Å². The fourth-order valence-corrected chi connectivity index (χ4v) is 7.14. The van der Waals surface area contributed by atoms with Gasteiger partial charge in [-0.05, 0) is 67.5 Å². The van der Waals surface area contributed by atoms with Crippen molar-refractivity contribution in [3.05, 3.63) is 59.7 Å². The van der Waals surface area contributed by atoms with Gasteiger partial charge in [-0.2, -0.15) is 0 Å². The van der Waals surface area contributed by atoms with E-state index in [2.05, 4.69) is 5.32 Å². The van der Waals surface area contributed by atoms with Gasteiger partial charge >= 0.3 is 0 Å². The van der Waals surface area contributed by atoms with Gasteiger partial charge in [0.1, 0.15) is 11.5 Å². The quantitative estimate of drug-likeness (QED) is 0.675. The normalized spacial score (nSPS) is 23.7. The van der Waals surface area contributed by atoms with Gasteiger partial charge in [-0.3, -0.25) is 9.59 Å². The van der Waals surface area contributed by atoms with Crippen LogP contribution in [0.5, 0.6) is 11.5 Å². The number of nitrogens with zero attached hydrogens (tertiary/aromatic N) is 1. The molecule has 1 N–H and O–H groups in total. The zero-order valence-electron chi connectivity index (χ0n) is 19.2. The highest BCUT2D eigenvalue weighted by Gasteiger charge is 2.44. The van der Waals surface area contributed by atoms with Crippen LogP contribution in [0.15, 0.2) is 48.5 Å². The minimum atomic E-state index is -3.11. The number of hydrogen-bond acceptors (Lipinski definition) is 5. The predicted molar refractivity (Wildman–Crippen MR) is 128 cm³/mol. The van der Waals surface area contributed by atoms with Crippen LogP contribution in [0.4, 0.5) is 0 Å². The van der Waals surface area contributed by atoms with Gasteiger partial charge in [0.25, 0.3) is 0 Å². The fourth-order valence-electron chi connectivity index (χ4n) is 5.41. The number of sulfone groups is 1. The van der Waals surface area contributed by atoms with E-state index in [9.17, 15) is 18.0 Å². The maximum Gasteiger partial charge on any atom is 0.226 e. The van der Waals surface area contributed by atoms with Gasteiger partial charge in [-0.1, -0.05) is 24.3 Å². The second-order valence-corrected chi connectivity index (χ2v) is 12.0. The zero-order valence-corrected chi connectivity index (χ0v) is 20.0. The van der Waals surface area contributed by atoms with E-state index in [0.29, 0.717) is 51.7 Å². The molecule has 1 atom stereocenters. The Hall–Kier alpha value is -2.87. The molecule has 0 aliphatic carbocycles. The number of carbonyl (C=O) groups is 2. The van der Waals surface area contributed by atoms with E-state index in [4.69, 9.17) is 4.74 Å². The molecule has 8 heteroatoms. The number of ether oxygens (including phenoxy) is 1. The number of fused-ring (bicyclic) bond motifs is 4. The first-order valence-electron chi connectivity index (χ1n) is 12.0. The molecule has 5 rings (SSSR count). The fraction of sp³-hybridized carbons (Fsp3) is 0.462. The highest BCUT2D eigenvalue weighted by atomic mass is 32.2. The molecule has 3 aliphatic rings.